The number of aliphatic carboxylic acids is 1. The monoisotopic (exact) mass is 519 g/mol. The number of carboxylic acid groups (broad SMARTS) is 1. The van der Waals surface area contributed by atoms with Crippen molar-refractivity contribution in [1.29, 1.82) is 5.41 Å². The van der Waals surface area contributed by atoms with Gasteiger partial charge in [-0.3, -0.25) is 20.3 Å². The lowest BCUT2D eigenvalue weighted by Gasteiger charge is -2.14. The predicted octanol–water partition coefficient (Wildman–Crippen LogP) is 3.27. The minimum absolute atomic E-state index is 0.227. The van der Waals surface area contributed by atoms with Crippen molar-refractivity contribution in [3.05, 3.63) is 89.5 Å². The number of benzene rings is 3. The third kappa shape index (κ3) is 7.65. The van der Waals surface area contributed by atoms with Crippen LogP contribution in [0.25, 0.3) is 0 Å². The Morgan fingerprint density at radius 3 is 1.92 bits per heavy atom. The van der Waals surface area contributed by atoms with Crippen LogP contribution in [0.1, 0.15) is 33.2 Å². The van der Waals surface area contributed by atoms with E-state index in [0.29, 0.717) is 22.6 Å². The molecule has 2 amide bonds. The number of ketones is 1. The molecule has 0 aromatic heterocycles. The largest absolute Gasteiger partial charge is 0.497 e. The van der Waals surface area contributed by atoms with Crippen LogP contribution in [-0.2, 0) is 4.79 Å². The van der Waals surface area contributed by atoms with Gasteiger partial charge >= 0.3 is 12.1 Å². The fourth-order valence-electron chi connectivity index (χ4n) is 3.19. The number of Topliss-reactive ketones (excluding diaryl/α,β-unsaturated/α-hetero) is 1. The number of amides is 2. The summed E-state index contributed by atoms with van der Waals surface area (Å²) in [5.41, 5.74) is 0.902. The van der Waals surface area contributed by atoms with E-state index in [2.05, 4.69) is 10.6 Å². The second-order valence-corrected chi connectivity index (χ2v) is 7.91. The molecule has 0 saturated heterocycles. The molecule has 0 radical (unpaired) electrons. The number of methoxy groups -OCH3 is 1. The Balaban J connectivity index is 1.52. The van der Waals surface area contributed by atoms with Crippen LogP contribution in [0.3, 0.4) is 0 Å². The molecular formula is C27H25N3O8. The number of rotatable bonds is 10. The van der Waals surface area contributed by atoms with Crippen LogP contribution >= 0.6 is 0 Å². The van der Waals surface area contributed by atoms with Gasteiger partial charge in [-0.25, -0.2) is 9.59 Å². The van der Waals surface area contributed by atoms with Gasteiger partial charge in [0.05, 0.1) is 13.2 Å². The third-order valence-corrected chi connectivity index (χ3v) is 5.17. The molecule has 4 N–H and O–H groups in total. The molecule has 0 saturated carbocycles. The third-order valence-electron chi connectivity index (χ3n) is 5.17. The highest BCUT2D eigenvalue weighted by Gasteiger charge is 2.19. The number of ether oxygens (including phenoxy) is 3. The summed E-state index contributed by atoms with van der Waals surface area (Å²) in [6.45, 7) is 1.04. The molecule has 0 fully saturated rings. The molecule has 11 nitrogen and oxygen atoms in total. The van der Waals surface area contributed by atoms with Crippen LogP contribution in [0.5, 0.6) is 17.2 Å². The van der Waals surface area contributed by atoms with Gasteiger partial charge in [0.1, 0.15) is 23.1 Å². The summed E-state index contributed by atoms with van der Waals surface area (Å²) in [6, 6.07) is 17.3. The molecular weight excluding hydrogens is 494 g/mol. The van der Waals surface area contributed by atoms with Crippen molar-refractivity contribution >= 4 is 29.6 Å². The number of carbonyl (C=O) groups is 4. The molecule has 0 aliphatic rings. The maximum absolute atomic E-state index is 12.7. The summed E-state index contributed by atoms with van der Waals surface area (Å²) >= 11 is 0. The van der Waals surface area contributed by atoms with Crippen molar-refractivity contribution in [2.75, 3.05) is 13.7 Å². The number of carbonyl (C=O) groups excluding carboxylic acids is 3. The van der Waals surface area contributed by atoms with Gasteiger partial charge in [-0.1, -0.05) is 12.1 Å². The van der Waals surface area contributed by atoms with Crippen LogP contribution in [-0.4, -0.2) is 54.5 Å². The minimum atomic E-state index is -1.12. The molecule has 0 unspecified atom stereocenters. The molecule has 196 valence electrons. The van der Waals surface area contributed by atoms with Gasteiger partial charge in [-0.15, -0.1) is 0 Å². The second kappa shape index (κ2) is 12.7. The van der Waals surface area contributed by atoms with Crippen molar-refractivity contribution in [1.82, 2.24) is 10.6 Å². The Morgan fingerprint density at radius 1 is 0.816 bits per heavy atom. The van der Waals surface area contributed by atoms with Gasteiger partial charge in [0.25, 0.3) is 5.91 Å². The Labute approximate surface area is 217 Å². The zero-order valence-corrected chi connectivity index (χ0v) is 20.5. The van der Waals surface area contributed by atoms with E-state index in [9.17, 15) is 19.2 Å². The highest BCUT2D eigenvalue weighted by molar-refractivity contribution is 6.06. The number of carboxylic acids is 1. The fraction of sp³-hybridized carbons (Fsp3) is 0.148. The predicted molar refractivity (Wildman–Crippen MR) is 136 cm³/mol. The molecule has 0 heterocycles. The van der Waals surface area contributed by atoms with E-state index < -0.39 is 30.6 Å². The lowest BCUT2D eigenvalue weighted by molar-refractivity contribution is -0.139. The summed E-state index contributed by atoms with van der Waals surface area (Å²) in [5, 5.41) is 21.7. The Kier molecular flexibility index (Phi) is 9.14. The topological polar surface area (TPSA) is 164 Å². The number of hydrogen-bond acceptors (Lipinski definition) is 8. The first-order chi connectivity index (χ1) is 18.2. The van der Waals surface area contributed by atoms with Gasteiger partial charge in [0.15, 0.2) is 12.4 Å². The summed E-state index contributed by atoms with van der Waals surface area (Å²) in [4.78, 5) is 47.9. The second-order valence-electron chi connectivity index (χ2n) is 7.91. The first kappa shape index (κ1) is 27.4. The highest BCUT2D eigenvalue weighted by atomic mass is 16.6. The van der Waals surface area contributed by atoms with E-state index in [1.165, 1.54) is 62.6 Å². The van der Waals surface area contributed by atoms with Crippen molar-refractivity contribution in [3.63, 3.8) is 0 Å². The standard InChI is InChI=1S/C27H25N3O8/c1-16(24(33)17-7-9-21(10-8-17)37-15-23(31)32)29-26(34)19-5-3-18(4-6-19)25(28)30-27(35)38-22-13-11-20(36-2)12-14-22/h3-14,16H,15H2,1-2H3,(H,29,34)(H,31,32)(H2,28,30,35)/t16-/m0/s1. The first-order valence-corrected chi connectivity index (χ1v) is 11.3. The minimum Gasteiger partial charge on any atom is -0.497 e. The van der Waals surface area contributed by atoms with Gasteiger partial charge in [-0.05, 0) is 67.6 Å². The Morgan fingerprint density at radius 2 is 1.34 bits per heavy atom. The highest BCUT2D eigenvalue weighted by Crippen LogP contribution is 2.17. The van der Waals surface area contributed by atoms with Gasteiger partial charge in [0.2, 0.25) is 0 Å². The number of amidine groups is 1. The lowest BCUT2D eigenvalue weighted by Crippen LogP contribution is -2.38. The summed E-state index contributed by atoms with van der Waals surface area (Å²) in [7, 11) is 1.52. The van der Waals surface area contributed by atoms with Crippen molar-refractivity contribution in [2.45, 2.75) is 13.0 Å². The van der Waals surface area contributed by atoms with Gasteiger partial charge in [-0.2, -0.15) is 0 Å². The zero-order chi connectivity index (χ0) is 27.7. The zero-order valence-electron chi connectivity index (χ0n) is 20.5. The molecule has 0 aliphatic carbocycles. The molecule has 3 rings (SSSR count). The van der Waals surface area contributed by atoms with Crippen LogP contribution in [0, 0.1) is 5.41 Å². The quantitative estimate of drug-likeness (QED) is 0.180. The van der Waals surface area contributed by atoms with Crippen LogP contribution in [0.2, 0.25) is 0 Å². The van der Waals surface area contributed by atoms with E-state index in [1.807, 2.05) is 0 Å². The van der Waals surface area contributed by atoms with Crippen LogP contribution in [0.4, 0.5) is 4.79 Å². The van der Waals surface area contributed by atoms with Crippen molar-refractivity contribution < 1.29 is 38.5 Å². The maximum atomic E-state index is 12.7. The average Bonchev–Trinajstić information content (AvgIpc) is 2.92. The summed E-state index contributed by atoms with van der Waals surface area (Å²) in [5.74, 6) is -1.01. The molecule has 0 bridgehead atoms. The van der Waals surface area contributed by atoms with E-state index in [-0.39, 0.29) is 22.9 Å². The SMILES string of the molecule is COc1ccc(OC(=O)NC(=N)c2ccc(C(=O)N[C@@H](C)C(=O)c3ccc(OCC(=O)O)cc3)cc2)cc1. The maximum Gasteiger partial charge on any atom is 0.418 e. The van der Waals surface area contributed by atoms with E-state index in [4.69, 9.17) is 24.7 Å². The van der Waals surface area contributed by atoms with E-state index in [0.717, 1.165) is 0 Å². The molecule has 11 heteroatoms. The molecule has 1 atom stereocenters. The molecule has 0 spiro atoms. The summed E-state index contributed by atoms with van der Waals surface area (Å²) < 4.78 is 15.2. The smallest absolute Gasteiger partial charge is 0.418 e. The van der Waals surface area contributed by atoms with Crippen molar-refractivity contribution in [3.8, 4) is 17.2 Å². The number of hydrogen-bond donors (Lipinski definition) is 4. The normalized spacial score (nSPS) is 11.0. The van der Waals surface area contributed by atoms with Crippen molar-refractivity contribution in [2.24, 2.45) is 0 Å². The molecule has 38 heavy (non-hydrogen) atoms. The van der Waals surface area contributed by atoms with E-state index >= 15 is 0 Å². The van der Waals surface area contributed by atoms with Gasteiger partial charge in [0, 0.05) is 16.7 Å². The van der Waals surface area contributed by atoms with Crippen LogP contribution < -0.4 is 24.8 Å². The molecule has 3 aromatic rings. The first-order valence-electron chi connectivity index (χ1n) is 11.3. The van der Waals surface area contributed by atoms with Gasteiger partial charge < -0.3 is 24.6 Å². The lowest BCUT2D eigenvalue weighted by atomic mass is 10.0. The fourth-order valence-corrected chi connectivity index (χ4v) is 3.19. The van der Waals surface area contributed by atoms with Crippen LogP contribution in [0.15, 0.2) is 72.8 Å². The Hall–Kier alpha value is -5.19. The Bertz CT molecular complexity index is 1320. The molecule has 3 aromatic carbocycles. The molecule has 0 aliphatic heterocycles. The van der Waals surface area contributed by atoms with E-state index in [1.54, 1.807) is 24.3 Å². The summed E-state index contributed by atoms with van der Waals surface area (Å²) in [6.07, 6.45) is -0.851. The number of nitrogens with one attached hydrogen (secondary N) is 3. The average molecular weight is 520 g/mol.